The standard InChI is InChI=1S/C17H17N3O/c1-12-8-13(9-18)6-7-14(12)11-20-16-5-3-2-4-15(16)17(21)10-19-20/h2-8,10H,9,11,18H2,1H3. The van der Waals surface area contributed by atoms with Crippen LogP contribution in [0.4, 0.5) is 0 Å². The average Bonchev–Trinajstić information content (AvgIpc) is 2.52. The van der Waals surface area contributed by atoms with Crippen LogP contribution in [0.2, 0.25) is 0 Å². The highest BCUT2D eigenvalue weighted by molar-refractivity contribution is 5.78. The molecular weight excluding hydrogens is 262 g/mol. The molecule has 0 aliphatic rings. The van der Waals surface area contributed by atoms with Crippen molar-refractivity contribution in [3.8, 4) is 0 Å². The van der Waals surface area contributed by atoms with E-state index in [1.807, 2.05) is 35.0 Å². The minimum atomic E-state index is -0.0444. The largest absolute Gasteiger partial charge is 0.326 e. The predicted molar refractivity (Wildman–Crippen MR) is 84.2 cm³/mol. The van der Waals surface area contributed by atoms with Crippen LogP contribution < -0.4 is 11.2 Å². The van der Waals surface area contributed by atoms with Gasteiger partial charge in [0.05, 0.1) is 18.3 Å². The van der Waals surface area contributed by atoms with E-state index in [0.29, 0.717) is 18.5 Å². The summed E-state index contributed by atoms with van der Waals surface area (Å²) in [5, 5.41) is 4.96. The van der Waals surface area contributed by atoms with Crippen LogP contribution in [0.1, 0.15) is 16.7 Å². The number of para-hydroxylation sites is 1. The number of benzene rings is 2. The van der Waals surface area contributed by atoms with Crippen molar-refractivity contribution in [3.63, 3.8) is 0 Å². The van der Waals surface area contributed by atoms with Crippen molar-refractivity contribution in [2.75, 3.05) is 0 Å². The number of nitrogens with two attached hydrogens (primary N) is 1. The van der Waals surface area contributed by atoms with Gasteiger partial charge in [0.25, 0.3) is 0 Å². The van der Waals surface area contributed by atoms with E-state index in [2.05, 4.69) is 24.2 Å². The van der Waals surface area contributed by atoms with E-state index in [1.165, 1.54) is 17.3 Å². The first-order valence-electron chi connectivity index (χ1n) is 6.92. The Bertz CT molecular complexity index is 852. The predicted octanol–water partition coefficient (Wildman–Crippen LogP) is 2.21. The molecule has 0 saturated heterocycles. The van der Waals surface area contributed by atoms with Crippen molar-refractivity contribution < 1.29 is 0 Å². The molecule has 4 nitrogen and oxygen atoms in total. The molecule has 0 aliphatic carbocycles. The summed E-state index contributed by atoms with van der Waals surface area (Å²) >= 11 is 0. The van der Waals surface area contributed by atoms with E-state index in [-0.39, 0.29) is 5.43 Å². The number of hydrogen-bond acceptors (Lipinski definition) is 3. The van der Waals surface area contributed by atoms with Gasteiger partial charge in [-0.25, -0.2) is 0 Å². The van der Waals surface area contributed by atoms with Crippen molar-refractivity contribution in [2.24, 2.45) is 5.73 Å². The van der Waals surface area contributed by atoms with E-state index in [9.17, 15) is 4.79 Å². The number of fused-ring (bicyclic) bond motifs is 1. The third kappa shape index (κ3) is 2.58. The lowest BCUT2D eigenvalue weighted by molar-refractivity contribution is 0.691. The zero-order valence-corrected chi connectivity index (χ0v) is 11.9. The summed E-state index contributed by atoms with van der Waals surface area (Å²) in [5.41, 5.74) is 9.95. The Labute approximate surface area is 122 Å². The molecule has 3 aromatic rings. The van der Waals surface area contributed by atoms with Crippen LogP contribution in [0.25, 0.3) is 10.9 Å². The highest BCUT2D eigenvalue weighted by atomic mass is 16.1. The molecule has 106 valence electrons. The monoisotopic (exact) mass is 279 g/mol. The number of aryl methyl sites for hydroxylation is 1. The molecule has 0 atom stereocenters. The van der Waals surface area contributed by atoms with Crippen LogP contribution in [-0.2, 0) is 13.1 Å². The Hall–Kier alpha value is -2.46. The molecule has 0 fully saturated rings. The van der Waals surface area contributed by atoms with E-state index in [0.717, 1.165) is 11.1 Å². The van der Waals surface area contributed by atoms with Crippen LogP contribution >= 0.6 is 0 Å². The summed E-state index contributed by atoms with van der Waals surface area (Å²) in [6.45, 7) is 3.25. The fraction of sp³-hybridized carbons (Fsp3) is 0.176. The van der Waals surface area contributed by atoms with E-state index < -0.39 is 0 Å². The van der Waals surface area contributed by atoms with Gasteiger partial charge in [0, 0.05) is 11.9 Å². The average molecular weight is 279 g/mol. The molecule has 0 radical (unpaired) electrons. The molecule has 0 spiro atoms. The molecule has 0 amide bonds. The Morgan fingerprint density at radius 1 is 1.19 bits per heavy atom. The number of hydrogen-bond donors (Lipinski definition) is 1. The first-order chi connectivity index (χ1) is 10.2. The second-order valence-electron chi connectivity index (χ2n) is 5.15. The van der Waals surface area contributed by atoms with Crippen molar-refractivity contribution in [1.82, 2.24) is 9.78 Å². The van der Waals surface area contributed by atoms with E-state index in [1.54, 1.807) is 0 Å². The van der Waals surface area contributed by atoms with Gasteiger partial charge in [-0.05, 0) is 35.7 Å². The second-order valence-corrected chi connectivity index (χ2v) is 5.15. The first-order valence-corrected chi connectivity index (χ1v) is 6.92. The highest BCUT2D eigenvalue weighted by Crippen LogP contribution is 2.15. The SMILES string of the molecule is Cc1cc(CN)ccc1Cn1ncc(=O)c2ccccc21. The van der Waals surface area contributed by atoms with Gasteiger partial charge in [-0.2, -0.15) is 5.10 Å². The Morgan fingerprint density at radius 2 is 2.00 bits per heavy atom. The van der Waals surface area contributed by atoms with E-state index >= 15 is 0 Å². The number of rotatable bonds is 3. The molecular formula is C17H17N3O. The minimum absolute atomic E-state index is 0.0444. The van der Waals surface area contributed by atoms with Crippen LogP contribution in [0.3, 0.4) is 0 Å². The first kappa shape index (κ1) is 13.5. The van der Waals surface area contributed by atoms with Crippen molar-refractivity contribution in [1.29, 1.82) is 0 Å². The zero-order valence-electron chi connectivity index (χ0n) is 11.9. The van der Waals surface area contributed by atoms with Gasteiger partial charge in [-0.3, -0.25) is 9.48 Å². The van der Waals surface area contributed by atoms with Gasteiger partial charge in [0.2, 0.25) is 5.43 Å². The van der Waals surface area contributed by atoms with Gasteiger partial charge >= 0.3 is 0 Å². The van der Waals surface area contributed by atoms with Crippen molar-refractivity contribution in [3.05, 3.63) is 75.6 Å². The molecule has 2 N–H and O–H groups in total. The fourth-order valence-corrected chi connectivity index (χ4v) is 2.51. The zero-order chi connectivity index (χ0) is 14.8. The third-order valence-corrected chi connectivity index (χ3v) is 3.72. The summed E-state index contributed by atoms with van der Waals surface area (Å²) in [7, 11) is 0. The molecule has 4 heteroatoms. The molecule has 1 aromatic heterocycles. The third-order valence-electron chi connectivity index (χ3n) is 3.72. The highest BCUT2D eigenvalue weighted by Gasteiger charge is 2.06. The van der Waals surface area contributed by atoms with Gasteiger partial charge in [-0.15, -0.1) is 0 Å². The topological polar surface area (TPSA) is 60.9 Å². The smallest absolute Gasteiger partial charge is 0.207 e. The fourth-order valence-electron chi connectivity index (χ4n) is 2.51. The van der Waals surface area contributed by atoms with Gasteiger partial charge in [0.15, 0.2) is 0 Å². The minimum Gasteiger partial charge on any atom is -0.326 e. The molecule has 21 heavy (non-hydrogen) atoms. The summed E-state index contributed by atoms with van der Waals surface area (Å²) in [4.78, 5) is 11.8. The number of nitrogens with zero attached hydrogens (tertiary/aromatic N) is 2. The van der Waals surface area contributed by atoms with Gasteiger partial charge in [-0.1, -0.05) is 30.3 Å². The van der Waals surface area contributed by atoms with Gasteiger partial charge in [0.1, 0.15) is 0 Å². The maximum atomic E-state index is 11.8. The van der Waals surface area contributed by atoms with Crippen molar-refractivity contribution in [2.45, 2.75) is 20.0 Å². The van der Waals surface area contributed by atoms with Crippen LogP contribution in [-0.4, -0.2) is 9.78 Å². The summed E-state index contributed by atoms with van der Waals surface area (Å²) < 4.78 is 1.86. The summed E-state index contributed by atoms with van der Waals surface area (Å²) in [5.74, 6) is 0. The van der Waals surface area contributed by atoms with E-state index in [4.69, 9.17) is 5.73 Å². The van der Waals surface area contributed by atoms with Crippen LogP contribution in [0.15, 0.2) is 53.5 Å². The quantitative estimate of drug-likeness (QED) is 0.799. The molecule has 0 unspecified atom stereocenters. The van der Waals surface area contributed by atoms with Crippen LogP contribution in [0.5, 0.6) is 0 Å². The Kier molecular flexibility index (Phi) is 3.54. The lowest BCUT2D eigenvalue weighted by Gasteiger charge is -2.12. The van der Waals surface area contributed by atoms with Crippen molar-refractivity contribution >= 4 is 10.9 Å². The normalized spacial score (nSPS) is 11.0. The molecule has 0 saturated carbocycles. The summed E-state index contributed by atoms with van der Waals surface area (Å²) in [6.07, 6.45) is 1.38. The molecule has 0 bridgehead atoms. The lowest BCUT2D eigenvalue weighted by Crippen LogP contribution is -2.13. The second kappa shape index (κ2) is 5.50. The maximum Gasteiger partial charge on any atom is 0.207 e. The molecule has 3 rings (SSSR count). The van der Waals surface area contributed by atoms with Gasteiger partial charge < -0.3 is 5.73 Å². The molecule has 1 heterocycles. The number of aromatic nitrogens is 2. The molecule has 2 aromatic carbocycles. The summed E-state index contributed by atoms with van der Waals surface area (Å²) in [6, 6.07) is 13.8. The Morgan fingerprint density at radius 3 is 2.76 bits per heavy atom. The molecule has 0 aliphatic heterocycles. The maximum absolute atomic E-state index is 11.8. The lowest BCUT2D eigenvalue weighted by atomic mass is 10.0. The Balaban J connectivity index is 2.06. The van der Waals surface area contributed by atoms with Crippen LogP contribution in [0, 0.1) is 6.92 Å².